The lowest BCUT2D eigenvalue weighted by Gasteiger charge is -2.13. The van der Waals surface area contributed by atoms with Gasteiger partial charge in [0.25, 0.3) is 0 Å². The Morgan fingerprint density at radius 1 is 1.36 bits per heavy atom. The minimum absolute atomic E-state index is 0.0444. The van der Waals surface area contributed by atoms with Gasteiger partial charge in [-0.05, 0) is 41.0 Å². The number of halogens is 1. The topological polar surface area (TPSA) is 60.9 Å². The Morgan fingerprint density at radius 2 is 2.08 bits per heavy atom. The molecule has 0 aliphatic rings. The Hall–Kier alpha value is -1.76. The van der Waals surface area contributed by atoms with Crippen LogP contribution in [0.5, 0.6) is 0 Å². The van der Waals surface area contributed by atoms with Gasteiger partial charge >= 0.3 is 0 Å². The number of nitrogens with zero attached hydrogens (tertiary/aromatic N) is 2. The second-order valence-electron chi connectivity index (χ2n) is 6.02. The molecule has 3 aromatic rings. The molecule has 1 atom stereocenters. The maximum atomic E-state index is 12.8. The number of nitrogens with two attached hydrogens (primary N) is 1. The van der Waals surface area contributed by atoms with Gasteiger partial charge in [-0.3, -0.25) is 9.48 Å². The van der Waals surface area contributed by atoms with E-state index in [4.69, 9.17) is 5.73 Å². The zero-order chi connectivity index (χ0) is 18.0. The lowest BCUT2D eigenvalue weighted by Crippen LogP contribution is -2.16. The fourth-order valence-corrected chi connectivity index (χ4v) is 4.49. The van der Waals surface area contributed by atoms with Crippen molar-refractivity contribution in [2.45, 2.75) is 19.3 Å². The summed E-state index contributed by atoms with van der Waals surface area (Å²) < 4.78 is 2.75. The highest BCUT2D eigenvalue weighted by atomic mass is 79.9. The highest BCUT2D eigenvalue weighted by Crippen LogP contribution is 2.36. The molecule has 0 aliphatic heterocycles. The Kier molecular flexibility index (Phi) is 5.51. The first-order chi connectivity index (χ1) is 12.0. The molecule has 2 aromatic heterocycles. The molecule has 6 heteroatoms. The van der Waals surface area contributed by atoms with Crippen molar-refractivity contribution in [2.24, 2.45) is 12.8 Å². The lowest BCUT2D eigenvalue weighted by molar-refractivity contribution is 0.0978. The predicted molar refractivity (Wildman–Crippen MR) is 106 cm³/mol. The van der Waals surface area contributed by atoms with E-state index in [-0.39, 0.29) is 11.7 Å². The molecule has 0 aliphatic carbocycles. The third-order valence-corrected chi connectivity index (χ3v) is 6.00. The standard InChI is InChI=1S/C19H20BrN3OS/c1-12-15(19-16(20)11-22-23(19)2)9-18(25-12)17(24)8-14(10-21)13-6-4-3-5-7-13/h3-7,9,11,14H,8,10,21H2,1-2H3/t14-/m1/s1. The van der Waals surface area contributed by atoms with Crippen molar-refractivity contribution in [2.75, 3.05) is 6.54 Å². The van der Waals surface area contributed by atoms with Crippen LogP contribution < -0.4 is 5.73 Å². The summed E-state index contributed by atoms with van der Waals surface area (Å²) in [5.74, 6) is 0.180. The molecule has 25 heavy (non-hydrogen) atoms. The van der Waals surface area contributed by atoms with Crippen LogP contribution in [0.1, 0.15) is 32.5 Å². The Morgan fingerprint density at radius 3 is 2.68 bits per heavy atom. The van der Waals surface area contributed by atoms with Crippen LogP contribution in [0.15, 0.2) is 47.1 Å². The van der Waals surface area contributed by atoms with E-state index < -0.39 is 0 Å². The molecule has 0 amide bonds. The molecule has 1 aromatic carbocycles. The Balaban J connectivity index is 1.85. The van der Waals surface area contributed by atoms with Crippen LogP contribution in [0, 0.1) is 6.92 Å². The van der Waals surface area contributed by atoms with E-state index in [0.717, 1.165) is 31.0 Å². The Bertz CT molecular complexity index is 866. The SMILES string of the molecule is Cc1sc(C(=O)C[C@H](CN)c2ccccc2)cc1-c1c(Br)cnn1C. The van der Waals surface area contributed by atoms with Gasteiger partial charge in [0, 0.05) is 29.8 Å². The van der Waals surface area contributed by atoms with Gasteiger partial charge in [-0.25, -0.2) is 0 Å². The molecule has 0 bridgehead atoms. The molecular weight excluding hydrogens is 398 g/mol. The molecule has 0 unspecified atom stereocenters. The van der Waals surface area contributed by atoms with E-state index in [9.17, 15) is 4.79 Å². The quantitative estimate of drug-likeness (QED) is 0.598. The average Bonchev–Trinajstić information content (AvgIpc) is 3.15. The van der Waals surface area contributed by atoms with Crippen LogP contribution in [0.4, 0.5) is 0 Å². The summed E-state index contributed by atoms with van der Waals surface area (Å²) in [5, 5.41) is 4.26. The number of carbonyl (C=O) groups is 1. The van der Waals surface area contributed by atoms with Gasteiger partial charge in [0.15, 0.2) is 5.78 Å². The number of rotatable bonds is 6. The molecule has 3 rings (SSSR count). The number of aryl methyl sites for hydroxylation is 2. The van der Waals surface area contributed by atoms with Crippen molar-refractivity contribution < 1.29 is 4.79 Å². The van der Waals surface area contributed by atoms with Crippen molar-refractivity contribution in [1.82, 2.24) is 9.78 Å². The van der Waals surface area contributed by atoms with Crippen LogP contribution >= 0.6 is 27.3 Å². The Labute approximate surface area is 159 Å². The largest absolute Gasteiger partial charge is 0.330 e. The fourth-order valence-electron chi connectivity index (χ4n) is 2.96. The van der Waals surface area contributed by atoms with E-state index in [1.54, 1.807) is 6.20 Å². The summed E-state index contributed by atoms with van der Waals surface area (Å²) in [6.45, 7) is 2.49. The van der Waals surface area contributed by atoms with Gasteiger partial charge in [0.1, 0.15) is 0 Å². The molecule has 0 fully saturated rings. The van der Waals surface area contributed by atoms with E-state index in [1.807, 2.05) is 55.1 Å². The summed E-state index contributed by atoms with van der Waals surface area (Å²) in [6.07, 6.45) is 2.19. The summed E-state index contributed by atoms with van der Waals surface area (Å²) in [6, 6.07) is 12.0. The molecule has 2 heterocycles. The van der Waals surface area contributed by atoms with Gasteiger partial charge in [0.05, 0.1) is 21.2 Å². The van der Waals surface area contributed by atoms with E-state index >= 15 is 0 Å². The molecular formula is C19H20BrN3OS. The van der Waals surface area contributed by atoms with Crippen molar-refractivity contribution in [3.8, 4) is 11.3 Å². The highest BCUT2D eigenvalue weighted by Gasteiger charge is 2.21. The first-order valence-electron chi connectivity index (χ1n) is 8.07. The smallest absolute Gasteiger partial charge is 0.173 e. The van der Waals surface area contributed by atoms with Crippen molar-refractivity contribution in [1.29, 1.82) is 0 Å². The van der Waals surface area contributed by atoms with Crippen molar-refractivity contribution in [3.63, 3.8) is 0 Å². The normalized spacial score (nSPS) is 12.3. The van der Waals surface area contributed by atoms with E-state index in [0.29, 0.717) is 13.0 Å². The summed E-state index contributed by atoms with van der Waals surface area (Å²) in [4.78, 5) is 14.7. The van der Waals surface area contributed by atoms with Crippen LogP contribution in [-0.4, -0.2) is 22.1 Å². The lowest BCUT2D eigenvalue weighted by atomic mass is 9.93. The van der Waals surface area contributed by atoms with Crippen LogP contribution in [0.2, 0.25) is 0 Å². The summed E-state index contributed by atoms with van der Waals surface area (Å²) in [7, 11) is 1.90. The van der Waals surface area contributed by atoms with Crippen LogP contribution in [-0.2, 0) is 7.05 Å². The minimum atomic E-state index is 0.0444. The first-order valence-corrected chi connectivity index (χ1v) is 9.68. The van der Waals surface area contributed by atoms with Crippen molar-refractivity contribution in [3.05, 3.63) is 62.4 Å². The van der Waals surface area contributed by atoms with Gasteiger partial charge < -0.3 is 5.73 Å². The second kappa shape index (κ2) is 7.64. The fraction of sp³-hybridized carbons (Fsp3) is 0.263. The number of thiophene rings is 1. The molecule has 130 valence electrons. The number of aromatic nitrogens is 2. The molecule has 0 radical (unpaired) electrons. The third-order valence-electron chi connectivity index (χ3n) is 4.33. The van der Waals surface area contributed by atoms with Crippen LogP contribution in [0.25, 0.3) is 11.3 Å². The zero-order valence-corrected chi connectivity index (χ0v) is 16.6. The zero-order valence-electron chi connectivity index (χ0n) is 14.2. The van der Waals surface area contributed by atoms with E-state index in [2.05, 4.69) is 21.0 Å². The third kappa shape index (κ3) is 3.76. The average molecular weight is 418 g/mol. The molecule has 0 saturated carbocycles. The monoisotopic (exact) mass is 417 g/mol. The molecule has 0 spiro atoms. The minimum Gasteiger partial charge on any atom is -0.330 e. The van der Waals surface area contributed by atoms with E-state index in [1.165, 1.54) is 11.3 Å². The summed E-state index contributed by atoms with van der Waals surface area (Å²) >= 11 is 5.07. The van der Waals surface area contributed by atoms with Gasteiger partial charge in [-0.15, -0.1) is 11.3 Å². The number of hydrogen-bond donors (Lipinski definition) is 1. The van der Waals surface area contributed by atoms with Gasteiger partial charge in [-0.1, -0.05) is 30.3 Å². The maximum absolute atomic E-state index is 12.8. The summed E-state index contributed by atoms with van der Waals surface area (Å²) in [5.41, 5.74) is 9.07. The first kappa shape index (κ1) is 18.0. The van der Waals surface area contributed by atoms with Gasteiger partial charge in [0.2, 0.25) is 0 Å². The highest BCUT2D eigenvalue weighted by molar-refractivity contribution is 9.10. The second-order valence-corrected chi connectivity index (χ2v) is 8.13. The number of carbonyl (C=O) groups excluding carboxylic acids is 1. The number of ketones is 1. The number of benzene rings is 1. The van der Waals surface area contributed by atoms with Crippen molar-refractivity contribution >= 4 is 33.0 Å². The van der Waals surface area contributed by atoms with Crippen LogP contribution in [0.3, 0.4) is 0 Å². The number of Topliss-reactive ketones (excluding diaryl/α,β-unsaturated/α-hetero) is 1. The maximum Gasteiger partial charge on any atom is 0.173 e. The number of hydrogen-bond acceptors (Lipinski definition) is 4. The molecule has 2 N–H and O–H groups in total. The molecule has 0 saturated heterocycles. The predicted octanol–water partition coefficient (Wildman–Crippen LogP) is 4.53. The molecule has 4 nitrogen and oxygen atoms in total. The van der Waals surface area contributed by atoms with Gasteiger partial charge in [-0.2, -0.15) is 5.10 Å².